The first kappa shape index (κ1) is 23.1. The van der Waals surface area contributed by atoms with E-state index in [1.54, 1.807) is 0 Å². The normalized spacial score (nSPS) is 22.7. The van der Waals surface area contributed by atoms with Gasteiger partial charge in [0, 0.05) is 0 Å². The van der Waals surface area contributed by atoms with Crippen molar-refractivity contribution in [3.63, 3.8) is 0 Å². The first-order valence-corrected chi connectivity index (χ1v) is 10.4. The number of methoxy groups -OCH3 is 1. The maximum absolute atomic E-state index is 12.8. The van der Waals surface area contributed by atoms with Crippen LogP contribution in [0.2, 0.25) is 0 Å². The van der Waals surface area contributed by atoms with E-state index < -0.39 is 50.6 Å². The van der Waals surface area contributed by atoms with Gasteiger partial charge in [-0.25, -0.2) is 17.9 Å². The molecule has 162 valence electrons. The molecule has 0 bridgehead atoms. The number of ether oxygens (including phenoxy) is 1. The van der Waals surface area contributed by atoms with Crippen molar-refractivity contribution in [3.05, 3.63) is 29.8 Å². The van der Waals surface area contributed by atoms with Crippen molar-refractivity contribution in [2.24, 2.45) is 5.92 Å². The van der Waals surface area contributed by atoms with Crippen molar-refractivity contribution in [2.75, 3.05) is 13.7 Å². The number of alkyl halides is 3. The summed E-state index contributed by atoms with van der Waals surface area (Å²) in [5.74, 6) is -1.01. The third-order valence-corrected chi connectivity index (χ3v) is 6.38. The van der Waals surface area contributed by atoms with Crippen LogP contribution in [0.1, 0.15) is 38.2 Å². The summed E-state index contributed by atoms with van der Waals surface area (Å²) in [7, 11) is -3.16. The molecule has 0 saturated heterocycles. The topological polar surface area (TPSA) is 102 Å². The SMILES string of the molecule is COC(=O)C1(NC(=O)CNS(=O)(=O)c2cccc(C(F)(F)F)c2)CCC(C)CC1. The van der Waals surface area contributed by atoms with E-state index in [9.17, 15) is 31.2 Å². The summed E-state index contributed by atoms with van der Waals surface area (Å²) in [5, 5.41) is 2.54. The highest BCUT2D eigenvalue weighted by Gasteiger charge is 2.43. The molecule has 29 heavy (non-hydrogen) atoms. The van der Waals surface area contributed by atoms with Crippen LogP contribution in [0.25, 0.3) is 0 Å². The molecular weight excluding hydrogens is 413 g/mol. The Morgan fingerprint density at radius 1 is 1.24 bits per heavy atom. The Morgan fingerprint density at radius 3 is 2.41 bits per heavy atom. The zero-order chi connectivity index (χ0) is 21.9. The third-order valence-electron chi connectivity index (χ3n) is 4.98. The Hall–Kier alpha value is -2.14. The molecule has 1 aromatic carbocycles. The zero-order valence-electron chi connectivity index (χ0n) is 16.0. The molecule has 1 saturated carbocycles. The number of sulfonamides is 1. The van der Waals surface area contributed by atoms with Gasteiger partial charge in [-0.1, -0.05) is 13.0 Å². The molecule has 0 heterocycles. The maximum Gasteiger partial charge on any atom is 0.416 e. The van der Waals surface area contributed by atoms with Gasteiger partial charge >= 0.3 is 12.1 Å². The minimum atomic E-state index is -4.70. The van der Waals surface area contributed by atoms with E-state index in [0.29, 0.717) is 37.7 Å². The Bertz CT molecular complexity index is 862. The number of carbonyl (C=O) groups excluding carboxylic acids is 2. The van der Waals surface area contributed by atoms with Gasteiger partial charge in [0.15, 0.2) is 0 Å². The molecule has 2 N–H and O–H groups in total. The second kappa shape index (κ2) is 8.70. The van der Waals surface area contributed by atoms with E-state index >= 15 is 0 Å². The molecule has 0 aliphatic heterocycles. The van der Waals surface area contributed by atoms with Gasteiger partial charge in [-0.2, -0.15) is 13.2 Å². The second-order valence-electron chi connectivity index (χ2n) is 7.15. The number of nitrogens with one attached hydrogen (secondary N) is 2. The Balaban J connectivity index is 2.08. The minimum absolute atomic E-state index is 0.354. The lowest BCUT2D eigenvalue weighted by Crippen LogP contribution is -2.58. The van der Waals surface area contributed by atoms with Gasteiger partial charge in [0.1, 0.15) is 5.54 Å². The van der Waals surface area contributed by atoms with Crippen LogP contribution >= 0.6 is 0 Å². The van der Waals surface area contributed by atoms with Crippen molar-refractivity contribution in [1.82, 2.24) is 10.0 Å². The van der Waals surface area contributed by atoms with Crippen molar-refractivity contribution in [1.29, 1.82) is 0 Å². The van der Waals surface area contributed by atoms with Crippen molar-refractivity contribution in [3.8, 4) is 0 Å². The van der Waals surface area contributed by atoms with Gasteiger partial charge < -0.3 is 10.1 Å². The summed E-state index contributed by atoms with van der Waals surface area (Å²) in [6.07, 6.45) is -2.62. The molecule has 0 atom stereocenters. The molecule has 0 radical (unpaired) electrons. The molecular formula is C18H23F3N2O5S. The Kier molecular flexibility index (Phi) is 6.94. The highest BCUT2D eigenvalue weighted by Crippen LogP contribution is 2.33. The van der Waals surface area contributed by atoms with Crippen LogP contribution < -0.4 is 10.0 Å². The molecule has 7 nitrogen and oxygen atoms in total. The molecule has 1 fully saturated rings. The number of amides is 1. The van der Waals surface area contributed by atoms with E-state index in [1.807, 2.05) is 11.6 Å². The standard InChI is InChI=1S/C18H23F3N2O5S/c1-12-6-8-17(9-7-12,16(25)28-2)23-15(24)11-22-29(26,27)14-5-3-4-13(10-14)18(19,20)21/h3-5,10,12,22H,6-9,11H2,1-2H3,(H,23,24). The monoisotopic (exact) mass is 436 g/mol. The number of carbonyl (C=O) groups is 2. The minimum Gasteiger partial charge on any atom is -0.467 e. The number of halogens is 3. The van der Waals surface area contributed by atoms with E-state index in [1.165, 1.54) is 7.11 Å². The summed E-state index contributed by atoms with van der Waals surface area (Å²) in [5.41, 5.74) is -2.36. The summed E-state index contributed by atoms with van der Waals surface area (Å²) < 4.78 is 69.7. The number of hydrogen-bond acceptors (Lipinski definition) is 5. The molecule has 2 rings (SSSR count). The molecule has 1 amide bonds. The van der Waals surface area contributed by atoms with Crippen molar-refractivity contribution >= 4 is 21.9 Å². The maximum atomic E-state index is 12.8. The largest absolute Gasteiger partial charge is 0.467 e. The number of esters is 1. The van der Waals surface area contributed by atoms with Crippen LogP contribution in [-0.4, -0.2) is 39.5 Å². The smallest absolute Gasteiger partial charge is 0.416 e. The summed E-state index contributed by atoms with van der Waals surface area (Å²) in [4.78, 5) is 23.9. The molecule has 1 aromatic rings. The lowest BCUT2D eigenvalue weighted by Gasteiger charge is -2.37. The highest BCUT2D eigenvalue weighted by atomic mass is 32.2. The average Bonchev–Trinajstić information content (AvgIpc) is 2.67. The van der Waals surface area contributed by atoms with Crippen LogP contribution in [0.15, 0.2) is 29.2 Å². The van der Waals surface area contributed by atoms with Gasteiger partial charge in [0.05, 0.1) is 24.1 Å². The van der Waals surface area contributed by atoms with Gasteiger partial charge in [0.2, 0.25) is 15.9 Å². The van der Waals surface area contributed by atoms with Gasteiger partial charge in [-0.05, 0) is 49.8 Å². The van der Waals surface area contributed by atoms with E-state index in [-0.39, 0.29) is 0 Å². The van der Waals surface area contributed by atoms with Crippen LogP contribution in [0.4, 0.5) is 13.2 Å². The lowest BCUT2D eigenvalue weighted by atomic mass is 9.77. The predicted molar refractivity (Wildman–Crippen MR) is 97.2 cm³/mol. The molecule has 1 aliphatic carbocycles. The molecule has 1 aliphatic rings. The number of benzene rings is 1. The predicted octanol–water partition coefficient (Wildman–Crippen LogP) is 2.22. The van der Waals surface area contributed by atoms with Crippen molar-refractivity contribution < 1.29 is 35.9 Å². The summed E-state index contributed by atoms with van der Waals surface area (Å²) >= 11 is 0. The third kappa shape index (κ3) is 5.69. The molecule has 0 aromatic heterocycles. The summed E-state index contributed by atoms with van der Waals surface area (Å²) in [6.45, 7) is 1.29. The number of rotatable bonds is 6. The summed E-state index contributed by atoms with van der Waals surface area (Å²) in [6, 6.07) is 3.19. The Labute approximate surface area is 167 Å². The fraction of sp³-hybridized carbons (Fsp3) is 0.556. The first-order valence-electron chi connectivity index (χ1n) is 8.96. The molecule has 0 unspecified atom stereocenters. The van der Waals surface area contributed by atoms with Gasteiger partial charge in [-0.15, -0.1) is 0 Å². The van der Waals surface area contributed by atoms with Crippen LogP contribution in [0, 0.1) is 5.92 Å². The van der Waals surface area contributed by atoms with E-state index in [4.69, 9.17) is 4.74 Å². The van der Waals surface area contributed by atoms with Crippen LogP contribution in [0.3, 0.4) is 0 Å². The molecule has 0 spiro atoms. The van der Waals surface area contributed by atoms with Gasteiger partial charge in [0.25, 0.3) is 0 Å². The van der Waals surface area contributed by atoms with E-state index in [0.717, 1.165) is 18.2 Å². The van der Waals surface area contributed by atoms with E-state index in [2.05, 4.69) is 5.32 Å². The average molecular weight is 436 g/mol. The molecule has 11 heteroatoms. The highest BCUT2D eigenvalue weighted by molar-refractivity contribution is 7.89. The fourth-order valence-electron chi connectivity index (χ4n) is 3.23. The lowest BCUT2D eigenvalue weighted by molar-refractivity contribution is -0.152. The zero-order valence-corrected chi connectivity index (χ0v) is 16.8. The quantitative estimate of drug-likeness (QED) is 0.666. The van der Waals surface area contributed by atoms with Crippen LogP contribution in [-0.2, 0) is 30.5 Å². The second-order valence-corrected chi connectivity index (χ2v) is 8.92. The van der Waals surface area contributed by atoms with Crippen molar-refractivity contribution in [2.45, 2.75) is 49.2 Å². The number of hydrogen-bond donors (Lipinski definition) is 2. The first-order chi connectivity index (χ1) is 13.4. The fourth-order valence-corrected chi connectivity index (χ4v) is 4.25. The Morgan fingerprint density at radius 2 is 1.86 bits per heavy atom. The van der Waals surface area contributed by atoms with Gasteiger partial charge in [-0.3, -0.25) is 4.79 Å². The van der Waals surface area contributed by atoms with Crippen LogP contribution in [0.5, 0.6) is 0 Å².